The summed E-state index contributed by atoms with van der Waals surface area (Å²) in [6, 6.07) is 11.6. The van der Waals surface area contributed by atoms with Gasteiger partial charge in [-0.3, -0.25) is 4.79 Å². The van der Waals surface area contributed by atoms with Crippen molar-refractivity contribution in [2.24, 2.45) is 0 Å². The number of nitrogen functional groups attached to an aromatic ring is 1. The third kappa shape index (κ3) is 3.08. The predicted octanol–water partition coefficient (Wildman–Crippen LogP) is 3.33. The minimum absolute atomic E-state index is 0.0381. The molecule has 2 aromatic rings. The molecular weight excluding hydrogens is 279 g/mol. The summed E-state index contributed by atoms with van der Waals surface area (Å²) in [6.07, 6.45) is 0. The number of nitrogens with two attached hydrogens (primary N) is 1. The van der Waals surface area contributed by atoms with Crippen LogP contribution in [0.1, 0.15) is 15.9 Å². The van der Waals surface area contributed by atoms with E-state index in [1.807, 2.05) is 12.1 Å². The van der Waals surface area contributed by atoms with E-state index in [-0.39, 0.29) is 10.6 Å². The van der Waals surface area contributed by atoms with Crippen LogP contribution >= 0.6 is 11.6 Å². The second kappa shape index (κ2) is 5.92. The molecule has 0 bridgehead atoms. The monoisotopic (exact) mass is 292 g/mol. The SMILES string of the molecule is CN(Cc1cccc(N)c1)C(=O)c1cccc(Cl)c1F. The Labute approximate surface area is 121 Å². The van der Waals surface area contributed by atoms with E-state index in [4.69, 9.17) is 17.3 Å². The first-order valence-electron chi connectivity index (χ1n) is 6.03. The van der Waals surface area contributed by atoms with Crippen LogP contribution in [-0.4, -0.2) is 17.9 Å². The number of hydrogen-bond acceptors (Lipinski definition) is 2. The first kappa shape index (κ1) is 14.3. The first-order chi connectivity index (χ1) is 9.49. The lowest BCUT2D eigenvalue weighted by atomic mass is 10.1. The van der Waals surface area contributed by atoms with Crippen molar-refractivity contribution in [3.63, 3.8) is 0 Å². The smallest absolute Gasteiger partial charge is 0.256 e. The Morgan fingerprint density at radius 2 is 2.00 bits per heavy atom. The van der Waals surface area contributed by atoms with Crippen molar-refractivity contribution < 1.29 is 9.18 Å². The minimum atomic E-state index is -0.696. The van der Waals surface area contributed by atoms with E-state index >= 15 is 0 Å². The molecule has 0 aliphatic carbocycles. The van der Waals surface area contributed by atoms with Crippen LogP contribution < -0.4 is 5.73 Å². The molecule has 0 aliphatic heterocycles. The van der Waals surface area contributed by atoms with Gasteiger partial charge in [-0.25, -0.2) is 4.39 Å². The molecule has 0 aromatic heterocycles. The number of carbonyl (C=O) groups excluding carboxylic acids is 1. The van der Waals surface area contributed by atoms with Gasteiger partial charge in [0.05, 0.1) is 10.6 Å². The summed E-state index contributed by atoms with van der Waals surface area (Å²) in [5, 5.41) is -0.0618. The van der Waals surface area contributed by atoms with Crippen molar-refractivity contribution in [3.8, 4) is 0 Å². The summed E-state index contributed by atoms with van der Waals surface area (Å²) in [7, 11) is 1.60. The van der Waals surface area contributed by atoms with Gasteiger partial charge in [0.1, 0.15) is 0 Å². The Morgan fingerprint density at radius 3 is 2.70 bits per heavy atom. The molecule has 2 rings (SSSR count). The van der Waals surface area contributed by atoms with Crippen molar-refractivity contribution in [1.29, 1.82) is 0 Å². The summed E-state index contributed by atoms with van der Waals surface area (Å²) in [6.45, 7) is 0.343. The van der Waals surface area contributed by atoms with E-state index < -0.39 is 11.7 Å². The number of halogens is 2. The fourth-order valence-corrected chi connectivity index (χ4v) is 2.09. The van der Waals surface area contributed by atoms with Gasteiger partial charge in [-0.05, 0) is 29.8 Å². The average molecular weight is 293 g/mol. The van der Waals surface area contributed by atoms with Crippen molar-refractivity contribution in [2.75, 3.05) is 12.8 Å². The van der Waals surface area contributed by atoms with Gasteiger partial charge in [0, 0.05) is 19.3 Å². The van der Waals surface area contributed by atoms with Crippen molar-refractivity contribution in [2.45, 2.75) is 6.54 Å². The number of hydrogen-bond donors (Lipinski definition) is 1. The molecule has 0 spiro atoms. The Bertz CT molecular complexity index is 646. The van der Waals surface area contributed by atoms with Crippen molar-refractivity contribution in [1.82, 2.24) is 4.90 Å². The fourth-order valence-electron chi connectivity index (χ4n) is 1.91. The molecule has 0 heterocycles. The quantitative estimate of drug-likeness (QED) is 0.882. The van der Waals surface area contributed by atoms with Gasteiger partial charge in [-0.2, -0.15) is 0 Å². The zero-order chi connectivity index (χ0) is 14.7. The third-order valence-corrected chi connectivity index (χ3v) is 3.19. The largest absolute Gasteiger partial charge is 0.399 e. The zero-order valence-corrected chi connectivity index (χ0v) is 11.7. The summed E-state index contributed by atoms with van der Waals surface area (Å²) in [4.78, 5) is 13.6. The molecule has 0 atom stereocenters. The Balaban J connectivity index is 2.19. The van der Waals surface area contributed by atoms with Crippen molar-refractivity contribution in [3.05, 3.63) is 64.4 Å². The van der Waals surface area contributed by atoms with Gasteiger partial charge in [0.2, 0.25) is 0 Å². The number of benzene rings is 2. The fraction of sp³-hybridized carbons (Fsp3) is 0.133. The molecule has 3 nitrogen and oxygen atoms in total. The number of nitrogens with zero attached hydrogens (tertiary/aromatic N) is 1. The van der Waals surface area contributed by atoms with Gasteiger partial charge in [-0.15, -0.1) is 0 Å². The molecule has 20 heavy (non-hydrogen) atoms. The summed E-state index contributed by atoms with van der Waals surface area (Å²) in [5.74, 6) is -1.12. The van der Waals surface area contributed by atoms with Crippen LogP contribution in [0.3, 0.4) is 0 Å². The van der Waals surface area contributed by atoms with Crippen LogP contribution in [0.4, 0.5) is 10.1 Å². The maximum Gasteiger partial charge on any atom is 0.256 e. The second-order valence-electron chi connectivity index (χ2n) is 4.51. The molecule has 2 N–H and O–H groups in total. The standard InChI is InChI=1S/C15H14ClFN2O/c1-19(9-10-4-2-5-11(18)8-10)15(20)12-6-3-7-13(16)14(12)17/h2-8H,9,18H2,1H3. The molecule has 0 unspecified atom stereocenters. The topological polar surface area (TPSA) is 46.3 Å². The lowest BCUT2D eigenvalue weighted by molar-refractivity contribution is 0.0780. The van der Waals surface area contributed by atoms with E-state index in [9.17, 15) is 9.18 Å². The van der Waals surface area contributed by atoms with Crippen LogP contribution in [0.5, 0.6) is 0 Å². The number of carbonyl (C=O) groups is 1. The summed E-state index contributed by atoms with van der Waals surface area (Å²) < 4.78 is 13.8. The van der Waals surface area contributed by atoms with E-state index in [0.29, 0.717) is 12.2 Å². The molecule has 0 fully saturated rings. The van der Waals surface area contributed by atoms with Crippen LogP contribution in [0.25, 0.3) is 0 Å². The van der Waals surface area contributed by atoms with E-state index in [2.05, 4.69) is 0 Å². The summed E-state index contributed by atoms with van der Waals surface area (Å²) >= 11 is 5.68. The average Bonchev–Trinajstić information content (AvgIpc) is 2.41. The molecule has 2 aromatic carbocycles. The van der Waals surface area contributed by atoms with Gasteiger partial charge >= 0.3 is 0 Å². The molecule has 104 valence electrons. The van der Waals surface area contributed by atoms with Gasteiger partial charge < -0.3 is 10.6 Å². The van der Waals surface area contributed by atoms with Gasteiger partial charge in [0.25, 0.3) is 5.91 Å². The summed E-state index contributed by atoms with van der Waals surface area (Å²) in [5.41, 5.74) is 7.15. The molecule has 0 saturated heterocycles. The van der Waals surface area contributed by atoms with Gasteiger partial charge in [-0.1, -0.05) is 29.8 Å². The zero-order valence-electron chi connectivity index (χ0n) is 10.9. The van der Waals surface area contributed by atoms with E-state index in [1.165, 1.54) is 17.0 Å². The van der Waals surface area contributed by atoms with Gasteiger partial charge in [0.15, 0.2) is 5.82 Å². The van der Waals surface area contributed by atoms with Crippen molar-refractivity contribution >= 4 is 23.2 Å². The van der Waals surface area contributed by atoms with Crippen LogP contribution in [0.2, 0.25) is 5.02 Å². The number of rotatable bonds is 3. The lowest BCUT2D eigenvalue weighted by Gasteiger charge is -2.18. The molecule has 0 aliphatic rings. The molecular formula is C15H14ClFN2O. The highest BCUT2D eigenvalue weighted by atomic mass is 35.5. The molecule has 5 heteroatoms. The maximum absolute atomic E-state index is 13.8. The van der Waals surface area contributed by atoms with Crippen LogP contribution in [0.15, 0.2) is 42.5 Å². The normalized spacial score (nSPS) is 10.3. The van der Waals surface area contributed by atoms with Crippen LogP contribution in [-0.2, 0) is 6.54 Å². The Morgan fingerprint density at radius 1 is 1.30 bits per heavy atom. The highest BCUT2D eigenvalue weighted by Crippen LogP contribution is 2.19. The second-order valence-corrected chi connectivity index (χ2v) is 4.91. The van der Waals surface area contributed by atoms with E-state index in [0.717, 1.165) is 5.56 Å². The lowest BCUT2D eigenvalue weighted by Crippen LogP contribution is -2.27. The maximum atomic E-state index is 13.8. The van der Waals surface area contributed by atoms with E-state index in [1.54, 1.807) is 25.2 Å². The Hall–Kier alpha value is -2.07. The number of amides is 1. The van der Waals surface area contributed by atoms with Crippen LogP contribution in [0, 0.1) is 5.82 Å². The third-order valence-electron chi connectivity index (χ3n) is 2.90. The molecule has 0 radical (unpaired) electrons. The number of anilines is 1. The molecule has 0 saturated carbocycles. The Kier molecular flexibility index (Phi) is 4.25. The highest BCUT2D eigenvalue weighted by Gasteiger charge is 2.18. The predicted molar refractivity (Wildman–Crippen MR) is 78.1 cm³/mol. The minimum Gasteiger partial charge on any atom is -0.399 e. The first-order valence-corrected chi connectivity index (χ1v) is 6.40. The highest BCUT2D eigenvalue weighted by molar-refractivity contribution is 6.31. The molecule has 1 amide bonds.